The highest BCUT2D eigenvalue weighted by atomic mass is 16.2. The number of hydrogen-bond acceptors (Lipinski definition) is 4. The maximum atomic E-state index is 8.98. The molecule has 0 radical (unpaired) electrons. The lowest BCUT2D eigenvalue weighted by Crippen LogP contribution is -2.51. The molecule has 2 atom stereocenters. The monoisotopic (exact) mass is 265 g/mol. The first-order valence-electron chi connectivity index (χ1n) is 7.78. The highest BCUT2D eigenvalue weighted by Gasteiger charge is 2.28. The molecule has 0 bridgehead atoms. The second kappa shape index (κ2) is 7.84. The summed E-state index contributed by atoms with van der Waals surface area (Å²) in [6.45, 7) is 2.87. The second-order valence-corrected chi connectivity index (χ2v) is 6.16. The lowest BCUT2D eigenvalue weighted by molar-refractivity contribution is 0.136. The predicted octanol–water partition coefficient (Wildman–Crippen LogP) is 1.51. The first kappa shape index (κ1) is 14.8. The van der Waals surface area contributed by atoms with Crippen molar-refractivity contribution in [2.45, 2.75) is 57.0 Å². The molecule has 19 heavy (non-hydrogen) atoms. The number of likely N-dealkylation sites (tertiary alicyclic amines) is 1. The molecule has 1 aliphatic heterocycles. The highest BCUT2D eigenvalue weighted by molar-refractivity contribution is 4.90. The Hall–Kier alpha value is -0.630. The van der Waals surface area contributed by atoms with E-state index in [1.165, 1.54) is 32.1 Å². The molecule has 0 amide bonds. The lowest BCUT2D eigenvalue weighted by Gasteiger charge is -2.38. The van der Waals surface area contributed by atoms with E-state index >= 15 is 0 Å². The van der Waals surface area contributed by atoms with Crippen molar-refractivity contribution in [1.82, 2.24) is 10.2 Å². The van der Waals surface area contributed by atoms with Gasteiger partial charge >= 0.3 is 0 Å². The molecule has 1 heterocycles. The van der Waals surface area contributed by atoms with Crippen molar-refractivity contribution >= 4 is 0 Å². The number of nitriles is 1. The van der Waals surface area contributed by atoms with Crippen molar-refractivity contribution in [2.75, 3.05) is 26.2 Å². The summed E-state index contributed by atoms with van der Waals surface area (Å²) in [6.07, 6.45) is 8.54. The summed E-state index contributed by atoms with van der Waals surface area (Å²) in [4.78, 5) is 2.28. The van der Waals surface area contributed by atoms with E-state index in [1.807, 2.05) is 0 Å². The molecule has 1 saturated heterocycles. The maximum absolute atomic E-state index is 8.98. The summed E-state index contributed by atoms with van der Waals surface area (Å²) >= 11 is 0. The molecule has 108 valence electrons. The zero-order valence-corrected chi connectivity index (χ0v) is 11.9. The van der Waals surface area contributed by atoms with Crippen molar-refractivity contribution in [3.8, 4) is 6.07 Å². The zero-order chi connectivity index (χ0) is 13.5. The number of rotatable bonds is 6. The molecule has 2 unspecified atom stereocenters. The van der Waals surface area contributed by atoms with Crippen LogP contribution in [0.4, 0.5) is 0 Å². The van der Waals surface area contributed by atoms with E-state index in [-0.39, 0.29) is 6.61 Å². The fourth-order valence-corrected chi connectivity index (χ4v) is 3.67. The first-order valence-corrected chi connectivity index (χ1v) is 7.78. The average molecular weight is 265 g/mol. The Morgan fingerprint density at radius 3 is 2.68 bits per heavy atom. The molecule has 2 N–H and O–H groups in total. The Labute approximate surface area is 116 Å². The van der Waals surface area contributed by atoms with Gasteiger partial charge in [-0.15, -0.1) is 0 Å². The van der Waals surface area contributed by atoms with Gasteiger partial charge in [-0.05, 0) is 38.0 Å². The number of piperidine rings is 1. The molecule has 0 aromatic carbocycles. The summed E-state index contributed by atoms with van der Waals surface area (Å²) in [6, 6.07) is 3.51. The second-order valence-electron chi connectivity index (χ2n) is 6.16. The summed E-state index contributed by atoms with van der Waals surface area (Å²) in [5.74, 6) is 0.633. The number of hydrogen-bond donors (Lipinski definition) is 2. The first-order chi connectivity index (χ1) is 9.31. The average Bonchev–Trinajstić information content (AvgIpc) is 2.89. The van der Waals surface area contributed by atoms with Crippen LogP contribution in [0.5, 0.6) is 0 Å². The molecule has 2 fully saturated rings. The van der Waals surface area contributed by atoms with Crippen molar-refractivity contribution in [1.29, 1.82) is 5.26 Å². The third-order valence-corrected chi connectivity index (χ3v) is 4.50. The Morgan fingerprint density at radius 2 is 2.00 bits per heavy atom. The zero-order valence-electron chi connectivity index (χ0n) is 11.9. The Kier molecular flexibility index (Phi) is 6.09. The van der Waals surface area contributed by atoms with Crippen LogP contribution in [0.2, 0.25) is 0 Å². The molecule has 1 saturated carbocycles. The van der Waals surface area contributed by atoms with Gasteiger partial charge in [0.15, 0.2) is 0 Å². The number of aliphatic hydroxyl groups excluding tert-OH is 1. The maximum Gasteiger partial charge on any atom is 0.0866 e. The van der Waals surface area contributed by atoms with Crippen LogP contribution in [0.15, 0.2) is 0 Å². The third-order valence-electron chi connectivity index (χ3n) is 4.50. The van der Waals surface area contributed by atoms with Crippen LogP contribution in [0, 0.1) is 17.2 Å². The molecule has 0 spiro atoms. The van der Waals surface area contributed by atoms with E-state index < -0.39 is 0 Å². The van der Waals surface area contributed by atoms with Crippen LogP contribution in [0.25, 0.3) is 0 Å². The Balaban J connectivity index is 1.83. The van der Waals surface area contributed by atoms with Crippen LogP contribution < -0.4 is 5.32 Å². The third kappa shape index (κ3) is 4.76. The molecule has 1 aliphatic carbocycles. The van der Waals surface area contributed by atoms with Crippen LogP contribution in [0.1, 0.15) is 44.9 Å². The molecule has 4 heteroatoms. The minimum Gasteiger partial charge on any atom is -0.396 e. The standard InChI is InChI=1S/C15H27N3O/c16-7-8-18-11-13(4-3-9-19)10-15(12-18)17-14-5-1-2-6-14/h13-15,17,19H,1-6,8-12H2. The highest BCUT2D eigenvalue weighted by Crippen LogP contribution is 2.24. The number of nitrogens with one attached hydrogen (secondary N) is 1. The van der Waals surface area contributed by atoms with Crippen LogP contribution >= 0.6 is 0 Å². The molecule has 0 aromatic rings. The van der Waals surface area contributed by atoms with Gasteiger partial charge in [0.25, 0.3) is 0 Å². The summed E-state index contributed by atoms with van der Waals surface area (Å²) in [7, 11) is 0. The van der Waals surface area contributed by atoms with E-state index in [1.54, 1.807) is 0 Å². The van der Waals surface area contributed by atoms with Gasteiger partial charge in [-0.3, -0.25) is 4.90 Å². The van der Waals surface area contributed by atoms with E-state index in [0.717, 1.165) is 25.9 Å². The van der Waals surface area contributed by atoms with Gasteiger partial charge in [0.2, 0.25) is 0 Å². The normalized spacial score (nSPS) is 29.5. The van der Waals surface area contributed by atoms with E-state index in [9.17, 15) is 0 Å². The summed E-state index contributed by atoms with van der Waals surface area (Å²) in [5, 5.41) is 21.7. The van der Waals surface area contributed by atoms with Crippen molar-refractivity contribution in [2.24, 2.45) is 5.92 Å². The van der Waals surface area contributed by atoms with Crippen molar-refractivity contribution in [3.05, 3.63) is 0 Å². The smallest absolute Gasteiger partial charge is 0.0866 e. The Bertz CT molecular complexity index is 296. The van der Waals surface area contributed by atoms with Gasteiger partial charge < -0.3 is 10.4 Å². The van der Waals surface area contributed by atoms with E-state index in [2.05, 4.69) is 16.3 Å². The molecular weight excluding hydrogens is 238 g/mol. The largest absolute Gasteiger partial charge is 0.396 e. The van der Waals surface area contributed by atoms with Gasteiger partial charge in [-0.1, -0.05) is 12.8 Å². The molecule has 0 aromatic heterocycles. The minimum absolute atomic E-state index is 0.287. The van der Waals surface area contributed by atoms with Gasteiger partial charge in [0.1, 0.15) is 0 Å². The molecule has 2 rings (SSSR count). The Morgan fingerprint density at radius 1 is 1.21 bits per heavy atom. The molecule has 4 nitrogen and oxygen atoms in total. The van der Waals surface area contributed by atoms with Crippen LogP contribution in [-0.2, 0) is 0 Å². The SMILES string of the molecule is N#CCN1CC(CCCO)CC(NC2CCCC2)C1. The van der Waals surface area contributed by atoms with Gasteiger partial charge in [0.05, 0.1) is 12.6 Å². The van der Waals surface area contributed by atoms with Gasteiger partial charge in [0, 0.05) is 31.8 Å². The number of nitrogens with zero attached hydrogens (tertiary/aromatic N) is 2. The summed E-state index contributed by atoms with van der Waals surface area (Å²) in [5.41, 5.74) is 0. The topological polar surface area (TPSA) is 59.3 Å². The minimum atomic E-state index is 0.287. The fourth-order valence-electron chi connectivity index (χ4n) is 3.67. The van der Waals surface area contributed by atoms with Gasteiger partial charge in [-0.2, -0.15) is 5.26 Å². The van der Waals surface area contributed by atoms with Crippen molar-refractivity contribution < 1.29 is 5.11 Å². The van der Waals surface area contributed by atoms with Crippen LogP contribution in [-0.4, -0.2) is 48.3 Å². The van der Waals surface area contributed by atoms with E-state index in [4.69, 9.17) is 10.4 Å². The number of aliphatic hydroxyl groups is 1. The van der Waals surface area contributed by atoms with Gasteiger partial charge in [-0.25, -0.2) is 0 Å². The molecule has 2 aliphatic rings. The quantitative estimate of drug-likeness (QED) is 0.715. The fraction of sp³-hybridized carbons (Fsp3) is 0.933. The van der Waals surface area contributed by atoms with E-state index in [0.29, 0.717) is 24.5 Å². The van der Waals surface area contributed by atoms with Crippen molar-refractivity contribution in [3.63, 3.8) is 0 Å². The predicted molar refractivity (Wildman–Crippen MR) is 75.7 cm³/mol. The lowest BCUT2D eigenvalue weighted by atomic mass is 9.90. The molecular formula is C15H27N3O. The van der Waals surface area contributed by atoms with Crippen LogP contribution in [0.3, 0.4) is 0 Å². The summed E-state index contributed by atoms with van der Waals surface area (Å²) < 4.78 is 0.